The Labute approximate surface area is 125 Å². The van der Waals surface area contributed by atoms with E-state index < -0.39 is 0 Å². The average Bonchev–Trinajstić information content (AvgIpc) is 2.52. The summed E-state index contributed by atoms with van der Waals surface area (Å²) < 4.78 is 14.1. The Hall–Kier alpha value is -1.87. The molecule has 1 atom stereocenters. The molecule has 0 aromatic heterocycles. The van der Waals surface area contributed by atoms with Crippen molar-refractivity contribution in [2.75, 3.05) is 4.90 Å². The van der Waals surface area contributed by atoms with Gasteiger partial charge in [-0.3, -0.25) is 0 Å². The molecule has 0 radical (unpaired) electrons. The van der Waals surface area contributed by atoms with E-state index in [0.29, 0.717) is 19.1 Å². The Balaban J connectivity index is 1.94. The zero-order chi connectivity index (χ0) is 14.8. The molecule has 1 unspecified atom stereocenters. The van der Waals surface area contributed by atoms with Crippen LogP contribution in [0.15, 0.2) is 42.5 Å². The molecular weight excluding hydrogens is 263 g/mol. The molecule has 0 saturated heterocycles. The number of hydrogen-bond acceptors (Lipinski definition) is 2. The summed E-state index contributed by atoms with van der Waals surface area (Å²) in [5, 5.41) is 0. The Kier molecular flexibility index (Phi) is 3.93. The molecule has 0 aliphatic carbocycles. The van der Waals surface area contributed by atoms with Crippen LogP contribution in [0.4, 0.5) is 10.1 Å². The van der Waals surface area contributed by atoms with Crippen molar-refractivity contribution in [2.45, 2.75) is 38.9 Å². The maximum Gasteiger partial charge on any atom is 0.128 e. The summed E-state index contributed by atoms with van der Waals surface area (Å²) >= 11 is 0. The minimum atomic E-state index is -0.151. The summed E-state index contributed by atoms with van der Waals surface area (Å²) in [6.45, 7) is 3.25. The number of hydrogen-bond donors (Lipinski definition) is 1. The van der Waals surface area contributed by atoms with Gasteiger partial charge in [-0.2, -0.15) is 0 Å². The van der Waals surface area contributed by atoms with Gasteiger partial charge in [0, 0.05) is 30.4 Å². The van der Waals surface area contributed by atoms with Crippen LogP contribution in [0.25, 0.3) is 0 Å². The Morgan fingerprint density at radius 3 is 2.86 bits per heavy atom. The van der Waals surface area contributed by atoms with Crippen LogP contribution in [0.3, 0.4) is 0 Å². The molecular formula is C18H21FN2. The van der Waals surface area contributed by atoms with E-state index in [1.54, 1.807) is 6.07 Å². The van der Waals surface area contributed by atoms with E-state index in [0.717, 1.165) is 24.0 Å². The molecule has 1 aliphatic heterocycles. The molecule has 3 rings (SSSR count). The number of anilines is 1. The maximum atomic E-state index is 14.1. The highest BCUT2D eigenvalue weighted by molar-refractivity contribution is 5.56. The van der Waals surface area contributed by atoms with Crippen molar-refractivity contribution in [3.8, 4) is 0 Å². The lowest BCUT2D eigenvalue weighted by molar-refractivity contribution is 0.543. The van der Waals surface area contributed by atoms with E-state index in [2.05, 4.69) is 36.1 Å². The van der Waals surface area contributed by atoms with Gasteiger partial charge in [-0.05, 0) is 49.1 Å². The van der Waals surface area contributed by atoms with E-state index in [-0.39, 0.29) is 5.82 Å². The molecule has 2 aromatic carbocycles. The fourth-order valence-corrected chi connectivity index (χ4v) is 3.06. The standard InChI is InChI=1S/C18H21FN2/c1-13-6-8-15-4-2-3-5-18(15)21(13)12-16-10-14(11-20)7-9-17(16)19/h2-5,7,9-10,13H,6,8,11-12,20H2,1H3. The van der Waals surface area contributed by atoms with Gasteiger partial charge >= 0.3 is 0 Å². The Morgan fingerprint density at radius 2 is 2.05 bits per heavy atom. The van der Waals surface area contributed by atoms with E-state index in [4.69, 9.17) is 5.73 Å². The third-order valence-corrected chi connectivity index (χ3v) is 4.35. The Bertz CT molecular complexity index is 639. The predicted molar refractivity (Wildman–Crippen MR) is 84.7 cm³/mol. The fraction of sp³-hybridized carbons (Fsp3) is 0.333. The number of fused-ring (bicyclic) bond motifs is 1. The molecule has 2 nitrogen and oxygen atoms in total. The molecule has 1 heterocycles. The monoisotopic (exact) mass is 284 g/mol. The number of nitrogens with two attached hydrogens (primary N) is 1. The molecule has 3 heteroatoms. The zero-order valence-electron chi connectivity index (χ0n) is 12.3. The van der Waals surface area contributed by atoms with Crippen molar-refractivity contribution < 1.29 is 4.39 Å². The van der Waals surface area contributed by atoms with Crippen LogP contribution in [-0.2, 0) is 19.5 Å². The molecule has 2 N–H and O–H groups in total. The lowest BCUT2D eigenvalue weighted by atomic mass is 9.96. The quantitative estimate of drug-likeness (QED) is 0.932. The van der Waals surface area contributed by atoms with Crippen LogP contribution in [0, 0.1) is 5.82 Å². The number of nitrogens with zero attached hydrogens (tertiary/aromatic N) is 1. The van der Waals surface area contributed by atoms with Gasteiger partial charge in [0.25, 0.3) is 0 Å². The van der Waals surface area contributed by atoms with Gasteiger partial charge < -0.3 is 10.6 Å². The summed E-state index contributed by atoms with van der Waals surface area (Å²) in [5.74, 6) is -0.151. The van der Waals surface area contributed by atoms with Crippen LogP contribution < -0.4 is 10.6 Å². The molecule has 1 aliphatic rings. The van der Waals surface area contributed by atoms with Gasteiger partial charge in [0.05, 0.1) is 0 Å². The number of benzene rings is 2. The predicted octanol–water partition coefficient (Wildman–Crippen LogP) is 3.63. The number of rotatable bonds is 3. The topological polar surface area (TPSA) is 29.3 Å². The fourth-order valence-electron chi connectivity index (χ4n) is 3.06. The Morgan fingerprint density at radius 1 is 1.24 bits per heavy atom. The van der Waals surface area contributed by atoms with Gasteiger partial charge in [-0.25, -0.2) is 4.39 Å². The van der Waals surface area contributed by atoms with E-state index in [1.165, 1.54) is 17.3 Å². The lowest BCUT2D eigenvalue weighted by Gasteiger charge is -2.37. The maximum absolute atomic E-state index is 14.1. The number of aryl methyl sites for hydroxylation is 1. The van der Waals surface area contributed by atoms with Crippen LogP contribution in [-0.4, -0.2) is 6.04 Å². The summed E-state index contributed by atoms with van der Waals surface area (Å²) in [4.78, 5) is 2.30. The average molecular weight is 284 g/mol. The molecule has 0 fully saturated rings. The SMILES string of the molecule is CC1CCc2ccccc2N1Cc1cc(CN)ccc1F. The van der Waals surface area contributed by atoms with Crippen molar-refractivity contribution in [3.63, 3.8) is 0 Å². The van der Waals surface area contributed by atoms with Gasteiger partial charge in [-0.1, -0.05) is 24.3 Å². The minimum Gasteiger partial charge on any atom is -0.364 e. The molecule has 0 spiro atoms. The third kappa shape index (κ3) is 2.79. The summed E-state index contributed by atoms with van der Waals surface area (Å²) in [5.41, 5.74) is 9.95. The van der Waals surface area contributed by atoms with Gasteiger partial charge in [0.1, 0.15) is 5.82 Å². The van der Waals surface area contributed by atoms with Gasteiger partial charge in [0.2, 0.25) is 0 Å². The van der Waals surface area contributed by atoms with Gasteiger partial charge in [0.15, 0.2) is 0 Å². The van der Waals surface area contributed by atoms with Crippen LogP contribution in [0.2, 0.25) is 0 Å². The van der Waals surface area contributed by atoms with Crippen LogP contribution in [0.1, 0.15) is 30.0 Å². The lowest BCUT2D eigenvalue weighted by Crippen LogP contribution is -2.37. The summed E-state index contributed by atoms with van der Waals surface area (Å²) in [6.07, 6.45) is 2.20. The van der Waals surface area contributed by atoms with E-state index >= 15 is 0 Å². The molecule has 0 bridgehead atoms. The minimum absolute atomic E-state index is 0.151. The highest BCUT2D eigenvalue weighted by atomic mass is 19.1. The highest BCUT2D eigenvalue weighted by Crippen LogP contribution is 2.32. The third-order valence-electron chi connectivity index (χ3n) is 4.35. The molecule has 0 amide bonds. The smallest absolute Gasteiger partial charge is 0.128 e. The highest BCUT2D eigenvalue weighted by Gasteiger charge is 2.23. The second kappa shape index (κ2) is 5.86. The first-order chi connectivity index (χ1) is 10.2. The van der Waals surface area contributed by atoms with Crippen LogP contribution >= 0.6 is 0 Å². The largest absolute Gasteiger partial charge is 0.364 e. The summed E-state index contributed by atoms with van der Waals surface area (Å²) in [6, 6.07) is 14.0. The number of halogens is 1. The van der Waals surface area contributed by atoms with Crippen molar-refractivity contribution in [3.05, 3.63) is 65.0 Å². The first-order valence-corrected chi connectivity index (χ1v) is 7.51. The second-order valence-corrected chi connectivity index (χ2v) is 5.77. The second-order valence-electron chi connectivity index (χ2n) is 5.77. The molecule has 2 aromatic rings. The van der Waals surface area contributed by atoms with Crippen molar-refractivity contribution in [1.82, 2.24) is 0 Å². The van der Waals surface area contributed by atoms with Crippen molar-refractivity contribution >= 4 is 5.69 Å². The molecule has 0 saturated carbocycles. The molecule has 110 valence electrons. The van der Waals surface area contributed by atoms with Crippen molar-refractivity contribution in [1.29, 1.82) is 0 Å². The zero-order valence-corrected chi connectivity index (χ0v) is 12.3. The normalized spacial score (nSPS) is 17.7. The first-order valence-electron chi connectivity index (χ1n) is 7.51. The van der Waals surface area contributed by atoms with E-state index in [1.807, 2.05) is 6.07 Å². The van der Waals surface area contributed by atoms with Gasteiger partial charge in [-0.15, -0.1) is 0 Å². The first kappa shape index (κ1) is 14.1. The van der Waals surface area contributed by atoms with Crippen molar-refractivity contribution in [2.24, 2.45) is 5.73 Å². The van der Waals surface area contributed by atoms with Crippen LogP contribution in [0.5, 0.6) is 0 Å². The number of para-hydroxylation sites is 1. The summed E-state index contributed by atoms with van der Waals surface area (Å²) in [7, 11) is 0. The van der Waals surface area contributed by atoms with E-state index in [9.17, 15) is 4.39 Å². The molecule has 21 heavy (non-hydrogen) atoms.